The Bertz CT molecular complexity index is 911. The molecule has 1 saturated heterocycles. The van der Waals surface area contributed by atoms with Crippen molar-refractivity contribution in [3.63, 3.8) is 0 Å². The normalized spacial score (nSPS) is 16.8. The summed E-state index contributed by atoms with van der Waals surface area (Å²) in [5.74, 6) is -1.38. The third kappa shape index (κ3) is 4.87. The van der Waals surface area contributed by atoms with Crippen LogP contribution in [0.2, 0.25) is 0 Å². The first kappa shape index (κ1) is 21.1. The van der Waals surface area contributed by atoms with Crippen LogP contribution in [0.5, 0.6) is 0 Å². The highest BCUT2D eigenvalue weighted by Gasteiger charge is 2.31. The van der Waals surface area contributed by atoms with E-state index in [0.717, 1.165) is 43.0 Å². The van der Waals surface area contributed by atoms with Gasteiger partial charge < -0.3 is 14.0 Å². The number of aryl methyl sites for hydroxylation is 1. The zero-order chi connectivity index (χ0) is 21.2. The number of nitrogens with zero attached hydrogens (tertiary/aromatic N) is 1. The van der Waals surface area contributed by atoms with Crippen molar-refractivity contribution in [1.82, 2.24) is 4.57 Å². The molecule has 1 fully saturated rings. The number of Topliss-reactive ketones (excluding diaryl/α,β-unsaturated/α-hetero) is 1. The minimum Gasteiger partial charge on any atom is -0.454 e. The van der Waals surface area contributed by atoms with E-state index >= 15 is 0 Å². The Balaban J connectivity index is 1.66. The summed E-state index contributed by atoms with van der Waals surface area (Å²) >= 11 is 0. The van der Waals surface area contributed by atoms with Gasteiger partial charge in [0.15, 0.2) is 6.61 Å². The fourth-order valence-electron chi connectivity index (χ4n) is 3.47. The number of hydrogen-bond donors (Lipinski definition) is 0. The van der Waals surface area contributed by atoms with Crippen LogP contribution in [0.1, 0.15) is 50.5 Å². The van der Waals surface area contributed by atoms with E-state index in [1.54, 1.807) is 6.07 Å². The predicted octanol–water partition coefficient (Wildman–Crippen LogP) is 4.34. The van der Waals surface area contributed by atoms with E-state index in [4.69, 9.17) is 9.47 Å². The minimum absolute atomic E-state index is 0.112. The van der Waals surface area contributed by atoms with Crippen LogP contribution in [0, 0.1) is 13.8 Å². The Kier molecular flexibility index (Phi) is 6.12. The molecule has 1 aliphatic heterocycles. The summed E-state index contributed by atoms with van der Waals surface area (Å²) in [6.07, 6.45) is -2.47. The van der Waals surface area contributed by atoms with Crippen molar-refractivity contribution in [2.24, 2.45) is 0 Å². The topological polar surface area (TPSA) is 57.5 Å². The number of carbonyl (C=O) groups excluding carboxylic acids is 2. The average Bonchev–Trinajstić information content (AvgIpc) is 3.29. The van der Waals surface area contributed by atoms with Crippen LogP contribution in [-0.2, 0) is 22.2 Å². The van der Waals surface area contributed by atoms with E-state index in [9.17, 15) is 22.8 Å². The summed E-state index contributed by atoms with van der Waals surface area (Å²) in [6.45, 7) is 4.53. The van der Waals surface area contributed by atoms with Crippen LogP contribution in [0.25, 0.3) is 0 Å². The molecule has 1 aliphatic rings. The van der Waals surface area contributed by atoms with E-state index in [2.05, 4.69) is 0 Å². The molecule has 1 aromatic carbocycles. The van der Waals surface area contributed by atoms with Crippen LogP contribution < -0.4 is 0 Å². The number of halogens is 3. The highest BCUT2D eigenvalue weighted by molar-refractivity contribution is 6.00. The molecule has 1 atom stereocenters. The fourth-order valence-corrected chi connectivity index (χ4v) is 3.47. The van der Waals surface area contributed by atoms with Gasteiger partial charge in [-0.2, -0.15) is 13.2 Å². The quantitative estimate of drug-likeness (QED) is 0.526. The number of ketones is 1. The van der Waals surface area contributed by atoms with Gasteiger partial charge in [-0.3, -0.25) is 4.79 Å². The predicted molar refractivity (Wildman–Crippen MR) is 98.9 cm³/mol. The van der Waals surface area contributed by atoms with Crippen molar-refractivity contribution in [3.8, 4) is 0 Å². The van der Waals surface area contributed by atoms with Crippen LogP contribution in [0.4, 0.5) is 13.2 Å². The minimum atomic E-state index is -4.56. The molecule has 1 aromatic heterocycles. The van der Waals surface area contributed by atoms with Crippen LogP contribution >= 0.6 is 0 Å². The summed E-state index contributed by atoms with van der Waals surface area (Å²) in [7, 11) is 0. The highest BCUT2D eigenvalue weighted by Crippen LogP contribution is 2.29. The second-order valence-electron chi connectivity index (χ2n) is 7.11. The first-order chi connectivity index (χ1) is 13.7. The van der Waals surface area contributed by atoms with Gasteiger partial charge in [-0.25, -0.2) is 4.79 Å². The van der Waals surface area contributed by atoms with Gasteiger partial charge in [0.1, 0.15) is 0 Å². The van der Waals surface area contributed by atoms with Gasteiger partial charge in [0.2, 0.25) is 5.78 Å². The standard InChI is InChI=1S/C21H22F3NO4/c1-13-9-18(14(2)25(13)11-17-7-4-8-28-17)19(26)12-29-20(27)15-5-3-6-16(10-15)21(22,23)24/h3,5-6,9-10,17H,4,7-8,11-12H2,1-2H3/t17-/m1/s1. The van der Waals surface area contributed by atoms with E-state index in [0.29, 0.717) is 18.2 Å². The van der Waals surface area contributed by atoms with Gasteiger partial charge in [0.05, 0.1) is 17.2 Å². The van der Waals surface area contributed by atoms with Gasteiger partial charge in [0, 0.05) is 30.1 Å². The zero-order valence-electron chi connectivity index (χ0n) is 16.2. The van der Waals surface area contributed by atoms with Gasteiger partial charge in [-0.1, -0.05) is 6.07 Å². The Morgan fingerprint density at radius 1 is 1.24 bits per heavy atom. The Morgan fingerprint density at radius 2 is 2.00 bits per heavy atom. The van der Waals surface area contributed by atoms with Crippen molar-refractivity contribution in [1.29, 1.82) is 0 Å². The second-order valence-corrected chi connectivity index (χ2v) is 7.11. The molecule has 0 unspecified atom stereocenters. The van der Waals surface area contributed by atoms with Gasteiger partial charge in [0.25, 0.3) is 0 Å². The Hall–Kier alpha value is -2.61. The molecule has 2 aromatic rings. The number of ether oxygens (including phenoxy) is 2. The summed E-state index contributed by atoms with van der Waals surface area (Å²) in [4.78, 5) is 24.6. The van der Waals surface area contributed by atoms with Crippen LogP contribution in [0.15, 0.2) is 30.3 Å². The molecule has 0 radical (unpaired) electrons. The fraction of sp³-hybridized carbons (Fsp3) is 0.429. The second kappa shape index (κ2) is 8.41. The molecule has 8 heteroatoms. The Morgan fingerprint density at radius 3 is 2.66 bits per heavy atom. The number of benzene rings is 1. The number of alkyl halides is 3. The van der Waals surface area contributed by atoms with Gasteiger partial charge >= 0.3 is 12.1 Å². The lowest BCUT2D eigenvalue weighted by molar-refractivity contribution is -0.137. The molecule has 2 heterocycles. The Labute approximate surface area is 166 Å². The van der Waals surface area contributed by atoms with Gasteiger partial charge in [-0.05, 0) is 51.0 Å². The summed E-state index contributed by atoms with van der Waals surface area (Å²) in [6, 6.07) is 5.64. The largest absolute Gasteiger partial charge is 0.454 e. The van der Waals surface area contributed by atoms with E-state index < -0.39 is 30.1 Å². The molecule has 5 nitrogen and oxygen atoms in total. The molecular weight excluding hydrogens is 387 g/mol. The molecular formula is C21H22F3NO4. The van der Waals surface area contributed by atoms with Crippen molar-refractivity contribution >= 4 is 11.8 Å². The number of hydrogen-bond acceptors (Lipinski definition) is 4. The monoisotopic (exact) mass is 409 g/mol. The van der Waals surface area contributed by atoms with Crippen molar-refractivity contribution in [2.75, 3.05) is 13.2 Å². The lowest BCUT2D eigenvalue weighted by Crippen LogP contribution is -2.18. The van der Waals surface area contributed by atoms with Crippen LogP contribution in [-0.4, -0.2) is 35.6 Å². The molecule has 0 saturated carbocycles. The van der Waals surface area contributed by atoms with Crippen molar-refractivity contribution in [2.45, 2.75) is 45.5 Å². The molecule has 0 amide bonds. The first-order valence-corrected chi connectivity index (χ1v) is 9.32. The number of carbonyl (C=O) groups is 2. The molecule has 0 aliphatic carbocycles. The first-order valence-electron chi connectivity index (χ1n) is 9.32. The van der Waals surface area contributed by atoms with E-state index in [-0.39, 0.29) is 11.7 Å². The number of esters is 1. The van der Waals surface area contributed by atoms with E-state index in [1.165, 1.54) is 6.07 Å². The maximum absolute atomic E-state index is 12.8. The number of rotatable bonds is 6. The van der Waals surface area contributed by atoms with Crippen molar-refractivity contribution < 1.29 is 32.2 Å². The molecule has 29 heavy (non-hydrogen) atoms. The average molecular weight is 409 g/mol. The maximum Gasteiger partial charge on any atom is 0.416 e. The van der Waals surface area contributed by atoms with Crippen molar-refractivity contribution in [3.05, 3.63) is 58.4 Å². The third-order valence-electron chi connectivity index (χ3n) is 5.04. The van der Waals surface area contributed by atoms with Crippen LogP contribution in [0.3, 0.4) is 0 Å². The summed E-state index contributed by atoms with van der Waals surface area (Å²) in [5, 5.41) is 0. The SMILES string of the molecule is Cc1cc(C(=O)COC(=O)c2cccc(C(F)(F)F)c2)c(C)n1C[C@H]1CCCO1. The third-order valence-corrected chi connectivity index (χ3v) is 5.04. The lowest BCUT2D eigenvalue weighted by Gasteiger charge is -2.14. The molecule has 0 spiro atoms. The van der Waals surface area contributed by atoms with Gasteiger partial charge in [-0.15, -0.1) is 0 Å². The van der Waals surface area contributed by atoms with E-state index in [1.807, 2.05) is 18.4 Å². The molecule has 0 bridgehead atoms. The molecule has 3 rings (SSSR count). The number of aromatic nitrogens is 1. The lowest BCUT2D eigenvalue weighted by atomic mass is 10.1. The smallest absolute Gasteiger partial charge is 0.416 e. The summed E-state index contributed by atoms with van der Waals surface area (Å²) < 4.78 is 50.9. The molecule has 156 valence electrons. The maximum atomic E-state index is 12.8. The zero-order valence-corrected chi connectivity index (χ0v) is 16.2. The highest BCUT2D eigenvalue weighted by atomic mass is 19.4. The molecule has 0 N–H and O–H groups in total. The summed E-state index contributed by atoms with van der Waals surface area (Å²) in [5.41, 5.74) is 0.869.